The van der Waals surface area contributed by atoms with Crippen LogP contribution >= 0.6 is 0 Å². The van der Waals surface area contributed by atoms with Crippen LogP contribution in [0.15, 0.2) is 9.32 Å². The van der Waals surface area contributed by atoms with Crippen molar-refractivity contribution >= 4 is 11.6 Å². The molecule has 2 aromatic heterocycles. The first-order valence-corrected chi connectivity index (χ1v) is 12.3. The molecule has 194 valence electrons. The molecule has 4 rings (SSSR count). The number of aromatic nitrogens is 3. The summed E-state index contributed by atoms with van der Waals surface area (Å²) in [5.41, 5.74) is 1.13. The molecule has 0 bridgehead atoms. The number of carbonyl (C=O) groups excluding carboxylic acids is 1. The van der Waals surface area contributed by atoms with Crippen molar-refractivity contribution in [3.8, 4) is 0 Å². The molecule has 2 aliphatic rings. The van der Waals surface area contributed by atoms with Crippen molar-refractivity contribution in [1.29, 1.82) is 0 Å². The molecular formula is C25H38N4O6. The van der Waals surface area contributed by atoms with Gasteiger partial charge in [0, 0.05) is 45.1 Å². The SMILES string of the molecule is CO[C@H]1C[C@H](c2onc(C(=O)Nc3c(C)n(C)n(C4CCC4)c3=O)c2C)O[C@@](OC)(C(C)(C)C)C1. The van der Waals surface area contributed by atoms with Crippen molar-refractivity contribution in [3.05, 3.63) is 33.1 Å². The molecule has 1 aliphatic heterocycles. The van der Waals surface area contributed by atoms with Crippen molar-refractivity contribution in [3.63, 3.8) is 0 Å². The van der Waals surface area contributed by atoms with Gasteiger partial charge < -0.3 is 24.1 Å². The van der Waals surface area contributed by atoms with Crippen molar-refractivity contribution in [1.82, 2.24) is 14.5 Å². The molecule has 0 unspecified atom stereocenters. The van der Waals surface area contributed by atoms with E-state index < -0.39 is 17.8 Å². The molecule has 3 heterocycles. The van der Waals surface area contributed by atoms with Crippen molar-refractivity contribution in [2.45, 2.75) is 90.8 Å². The minimum absolute atomic E-state index is 0.119. The average Bonchev–Trinajstić information content (AvgIpc) is 3.26. The Morgan fingerprint density at radius 3 is 2.46 bits per heavy atom. The molecule has 10 heteroatoms. The first kappa shape index (κ1) is 25.7. The molecule has 2 fully saturated rings. The van der Waals surface area contributed by atoms with E-state index in [-0.39, 0.29) is 34.5 Å². The normalized spacial score (nSPS) is 25.5. The maximum absolute atomic E-state index is 13.2. The van der Waals surface area contributed by atoms with E-state index in [1.54, 1.807) is 25.8 Å². The van der Waals surface area contributed by atoms with Crippen molar-refractivity contribution in [2.75, 3.05) is 19.5 Å². The van der Waals surface area contributed by atoms with Crippen LogP contribution in [0.4, 0.5) is 5.69 Å². The quantitative estimate of drug-likeness (QED) is 0.651. The Bertz CT molecular complexity index is 1150. The van der Waals surface area contributed by atoms with Crippen LogP contribution in [0.1, 0.15) is 92.5 Å². The Balaban J connectivity index is 1.61. The van der Waals surface area contributed by atoms with Gasteiger partial charge in [0.05, 0.1) is 17.8 Å². The van der Waals surface area contributed by atoms with Crippen LogP contribution in [0.25, 0.3) is 0 Å². The third kappa shape index (κ3) is 4.25. The van der Waals surface area contributed by atoms with Gasteiger partial charge in [0.25, 0.3) is 11.5 Å². The van der Waals surface area contributed by atoms with Crippen LogP contribution in [0, 0.1) is 19.3 Å². The third-order valence-electron chi connectivity index (χ3n) is 7.83. The van der Waals surface area contributed by atoms with Gasteiger partial charge >= 0.3 is 0 Å². The van der Waals surface area contributed by atoms with Gasteiger partial charge in [-0.3, -0.25) is 14.3 Å². The lowest BCUT2D eigenvalue weighted by Crippen LogP contribution is -2.53. The highest BCUT2D eigenvalue weighted by Gasteiger charge is 2.51. The monoisotopic (exact) mass is 490 g/mol. The molecular weight excluding hydrogens is 452 g/mol. The average molecular weight is 491 g/mol. The van der Waals surface area contributed by atoms with Gasteiger partial charge in [-0.25, -0.2) is 4.68 Å². The smallest absolute Gasteiger partial charge is 0.291 e. The summed E-state index contributed by atoms with van der Waals surface area (Å²) in [4.78, 5) is 26.2. The lowest BCUT2D eigenvalue weighted by Gasteiger charge is -2.49. The van der Waals surface area contributed by atoms with E-state index in [2.05, 4.69) is 31.2 Å². The highest BCUT2D eigenvalue weighted by molar-refractivity contribution is 6.04. The zero-order valence-electron chi connectivity index (χ0n) is 22.1. The van der Waals surface area contributed by atoms with Crippen LogP contribution in [0.3, 0.4) is 0 Å². The second-order valence-corrected chi connectivity index (χ2v) is 10.8. The number of ether oxygens (including phenoxy) is 3. The molecule has 1 amide bonds. The van der Waals surface area contributed by atoms with Gasteiger partial charge in [-0.15, -0.1) is 0 Å². The molecule has 10 nitrogen and oxygen atoms in total. The predicted octanol–water partition coefficient (Wildman–Crippen LogP) is 4.02. The number of rotatable bonds is 6. The van der Waals surface area contributed by atoms with E-state index >= 15 is 0 Å². The molecule has 3 atom stereocenters. The minimum Gasteiger partial charge on any atom is -0.381 e. The summed E-state index contributed by atoms with van der Waals surface area (Å²) < 4.78 is 27.3. The second kappa shape index (κ2) is 9.22. The van der Waals surface area contributed by atoms with E-state index in [0.29, 0.717) is 29.9 Å². The Labute approximate surface area is 205 Å². The molecule has 1 saturated carbocycles. The van der Waals surface area contributed by atoms with E-state index in [0.717, 1.165) is 19.3 Å². The number of nitrogens with one attached hydrogen (secondary N) is 1. The lowest BCUT2D eigenvalue weighted by molar-refractivity contribution is -0.334. The highest BCUT2D eigenvalue weighted by atomic mass is 16.7. The first-order valence-electron chi connectivity index (χ1n) is 12.3. The summed E-state index contributed by atoms with van der Waals surface area (Å²) in [7, 11) is 5.14. The van der Waals surface area contributed by atoms with Crippen LogP contribution in [-0.4, -0.2) is 46.5 Å². The largest absolute Gasteiger partial charge is 0.381 e. The Hall–Kier alpha value is -2.43. The third-order valence-corrected chi connectivity index (χ3v) is 7.83. The van der Waals surface area contributed by atoms with E-state index in [1.165, 1.54) is 0 Å². The van der Waals surface area contributed by atoms with E-state index in [4.69, 9.17) is 18.7 Å². The predicted molar refractivity (Wildman–Crippen MR) is 130 cm³/mol. The zero-order chi connectivity index (χ0) is 25.7. The van der Waals surface area contributed by atoms with Gasteiger partial charge in [-0.1, -0.05) is 25.9 Å². The Kier molecular flexibility index (Phi) is 6.76. The zero-order valence-corrected chi connectivity index (χ0v) is 22.1. The molecule has 0 spiro atoms. The van der Waals surface area contributed by atoms with Gasteiger partial charge in [0.15, 0.2) is 17.2 Å². The standard InChI is InChI=1S/C25H38N4O6/c1-14-19(22(30)26-20-15(2)28(6)29(23(20)31)16-10-9-11-16)27-35-21(14)18-12-17(32-7)13-25(33-8,34-18)24(3,4)5/h16-18H,9-13H2,1-8H3,(H,26,30)/t17-,18+,25+/m0/s1. The lowest BCUT2D eigenvalue weighted by atomic mass is 9.78. The van der Waals surface area contributed by atoms with Gasteiger partial charge in [-0.05, 0) is 33.1 Å². The number of methoxy groups -OCH3 is 2. The van der Waals surface area contributed by atoms with E-state index in [9.17, 15) is 9.59 Å². The summed E-state index contributed by atoms with van der Waals surface area (Å²) in [6, 6.07) is 0.179. The molecule has 35 heavy (non-hydrogen) atoms. The van der Waals surface area contributed by atoms with Gasteiger partial charge in [0.1, 0.15) is 11.8 Å². The number of hydrogen-bond acceptors (Lipinski definition) is 7. The molecule has 1 saturated heterocycles. The fourth-order valence-corrected chi connectivity index (χ4v) is 5.16. The summed E-state index contributed by atoms with van der Waals surface area (Å²) in [5, 5.41) is 6.84. The second-order valence-electron chi connectivity index (χ2n) is 10.8. The maximum Gasteiger partial charge on any atom is 0.291 e. The maximum atomic E-state index is 13.2. The summed E-state index contributed by atoms with van der Waals surface area (Å²) in [6.07, 6.45) is 3.54. The molecule has 0 radical (unpaired) electrons. The molecule has 0 aromatic carbocycles. The van der Waals surface area contributed by atoms with E-state index in [1.807, 2.05) is 18.7 Å². The Morgan fingerprint density at radius 1 is 1.23 bits per heavy atom. The number of carbonyl (C=O) groups is 1. The summed E-state index contributed by atoms with van der Waals surface area (Å²) in [6.45, 7) is 9.75. The van der Waals surface area contributed by atoms with Crippen molar-refractivity contribution < 1.29 is 23.5 Å². The number of nitrogens with zero attached hydrogens (tertiary/aromatic N) is 3. The highest BCUT2D eigenvalue weighted by Crippen LogP contribution is 2.48. The molecule has 2 aromatic rings. The minimum atomic E-state index is -0.897. The van der Waals surface area contributed by atoms with Crippen LogP contribution < -0.4 is 10.9 Å². The summed E-state index contributed by atoms with van der Waals surface area (Å²) in [5.74, 6) is -0.928. The van der Waals surface area contributed by atoms with Gasteiger partial charge in [-0.2, -0.15) is 0 Å². The number of anilines is 1. The van der Waals surface area contributed by atoms with Crippen molar-refractivity contribution in [2.24, 2.45) is 12.5 Å². The fourth-order valence-electron chi connectivity index (χ4n) is 5.16. The van der Waals surface area contributed by atoms with Crippen LogP contribution in [0.5, 0.6) is 0 Å². The number of amides is 1. The Morgan fingerprint density at radius 2 is 1.91 bits per heavy atom. The number of hydrogen-bond donors (Lipinski definition) is 1. The first-order chi connectivity index (χ1) is 16.4. The van der Waals surface area contributed by atoms with Crippen LogP contribution in [0.2, 0.25) is 0 Å². The van der Waals surface area contributed by atoms with Gasteiger partial charge in [0.2, 0.25) is 0 Å². The molecule has 1 N–H and O–H groups in total. The molecule has 1 aliphatic carbocycles. The topological polar surface area (TPSA) is 110 Å². The fraction of sp³-hybridized carbons (Fsp3) is 0.720. The summed E-state index contributed by atoms with van der Waals surface area (Å²) >= 11 is 0. The van der Waals surface area contributed by atoms with Crippen LogP contribution in [-0.2, 0) is 21.3 Å².